The molecule has 0 radical (unpaired) electrons. The van der Waals surface area contributed by atoms with Gasteiger partial charge in [0.1, 0.15) is 23.6 Å². The van der Waals surface area contributed by atoms with E-state index in [0.717, 1.165) is 32.0 Å². The number of hydrogen-bond donors (Lipinski definition) is 1. The van der Waals surface area contributed by atoms with Gasteiger partial charge in [-0.25, -0.2) is 14.4 Å². The van der Waals surface area contributed by atoms with Crippen molar-refractivity contribution < 1.29 is 22.4 Å². The molecule has 2 aromatic heterocycles. The Morgan fingerprint density at radius 2 is 1.80 bits per heavy atom. The average Bonchev–Trinajstić information content (AvgIpc) is 3.61. The number of carbonyl (C=O) groups excluding carboxylic acids is 1. The molecule has 1 aliphatic carbocycles. The highest BCUT2D eigenvalue weighted by atomic mass is 19.4. The third-order valence-corrected chi connectivity index (χ3v) is 9.09. The van der Waals surface area contributed by atoms with Crippen molar-refractivity contribution in [2.45, 2.75) is 44.4 Å². The third-order valence-electron chi connectivity index (χ3n) is 9.09. The predicted octanol–water partition coefficient (Wildman–Crippen LogP) is 5.05. The fourth-order valence-corrected chi connectivity index (χ4v) is 6.51. The number of aromatic nitrogens is 3. The number of nitrogens with zero attached hydrogens (tertiary/aromatic N) is 6. The maximum absolute atomic E-state index is 16.1. The molecule has 0 unspecified atom stereocenters. The van der Waals surface area contributed by atoms with Crippen molar-refractivity contribution in [3.05, 3.63) is 70.9 Å². The molecule has 0 bridgehead atoms. The molecule has 1 saturated heterocycles. The normalized spacial score (nSPS) is 17.9. The Labute approximate surface area is 252 Å². The molecule has 44 heavy (non-hydrogen) atoms. The molecule has 2 N–H and O–H groups in total. The second-order valence-electron chi connectivity index (χ2n) is 12.1. The Morgan fingerprint density at radius 3 is 2.52 bits per heavy atom. The predicted molar refractivity (Wildman–Crippen MR) is 160 cm³/mol. The zero-order chi connectivity index (χ0) is 30.7. The molecule has 2 aliphatic heterocycles. The van der Waals surface area contributed by atoms with Gasteiger partial charge in [-0.2, -0.15) is 13.2 Å². The van der Waals surface area contributed by atoms with E-state index in [-0.39, 0.29) is 42.4 Å². The molecule has 8 nitrogen and oxygen atoms in total. The van der Waals surface area contributed by atoms with Crippen molar-refractivity contribution in [1.29, 1.82) is 0 Å². The lowest BCUT2D eigenvalue weighted by molar-refractivity contribution is -0.138. The quantitative estimate of drug-likeness (QED) is 0.309. The monoisotopic (exact) mass is 607 g/mol. The van der Waals surface area contributed by atoms with Crippen LogP contribution in [-0.2, 0) is 30.4 Å². The van der Waals surface area contributed by atoms with Gasteiger partial charge in [-0.15, -0.1) is 0 Å². The summed E-state index contributed by atoms with van der Waals surface area (Å²) in [4.78, 5) is 27.6. The topological polar surface area (TPSA) is 83.5 Å². The molecule has 7 rings (SSSR count). The highest BCUT2D eigenvalue weighted by molar-refractivity contribution is 6.02. The van der Waals surface area contributed by atoms with E-state index >= 15 is 4.39 Å². The van der Waals surface area contributed by atoms with E-state index in [2.05, 4.69) is 14.9 Å². The first kappa shape index (κ1) is 28.7. The summed E-state index contributed by atoms with van der Waals surface area (Å²) in [7, 11) is 2.00. The van der Waals surface area contributed by atoms with Crippen LogP contribution in [0.3, 0.4) is 0 Å². The second-order valence-corrected chi connectivity index (χ2v) is 12.1. The van der Waals surface area contributed by atoms with Gasteiger partial charge in [0.15, 0.2) is 0 Å². The zero-order valence-electron chi connectivity index (χ0n) is 24.4. The Hall–Kier alpha value is -4.03. The molecule has 12 heteroatoms. The zero-order valence-corrected chi connectivity index (χ0v) is 24.4. The minimum Gasteiger partial charge on any atom is -0.383 e. The Bertz CT molecular complexity index is 1760. The molecular weight excluding hydrogens is 574 g/mol. The second kappa shape index (κ2) is 10.8. The fraction of sp³-hybridized carbons (Fsp3) is 0.406. The van der Waals surface area contributed by atoms with Gasteiger partial charge in [0.05, 0.1) is 17.4 Å². The van der Waals surface area contributed by atoms with Crippen LogP contribution in [0.5, 0.6) is 0 Å². The fourth-order valence-electron chi connectivity index (χ4n) is 6.51. The number of nitrogens with two attached hydrogens (primary N) is 1. The highest BCUT2D eigenvalue weighted by Gasteiger charge is 2.35. The van der Waals surface area contributed by atoms with Gasteiger partial charge >= 0.3 is 6.18 Å². The number of carbonyl (C=O) groups is 1. The number of halogens is 4. The highest BCUT2D eigenvalue weighted by Crippen LogP contribution is 2.44. The van der Waals surface area contributed by atoms with Gasteiger partial charge in [0, 0.05) is 73.9 Å². The maximum atomic E-state index is 16.1. The first-order valence-electron chi connectivity index (χ1n) is 14.9. The molecular formula is C32H33F4N7O. The average molecular weight is 608 g/mol. The first-order chi connectivity index (χ1) is 21.1. The summed E-state index contributed by atoms with van der Waals surface area (Å²) >= 11 is 0. The number of likely N-dealkylation sites (N-methyl/N-ethyl adjacent to an activating group) is 1. The lowest BCUT2D eigenvalue weighted by atomic mass is 10.00. The number of hydrogen-bond acceptors (Lipinski definition) is 6. The van der Waals surface area contributed by atoms with Crippen molar-refractivity contribution in [1.82, 2.24) is 24.3 Å². The van der Waals surface area contributed by atoms with E-state index < -0.39 is 17.6 Å². The third kappa shape index (κ3) is 5.19. The molecule has 1 saturated carbocycles. The SMILES string of the molecule is CN1CCN(Cc2ccc(CC(=O)N3CCc4c3ccc(-c3cn(C5CC5)c5ncnc(N)c35)c4F)cc2C(F)(F)F)CC1. The van der Waals surface area contributed by atoms with Crippen LogP contribution in [-0.4, -0.2) is 70.0 Å². The summed E-state index contributed by atoms with van der Waals surface area (Å²) < 4.78 is 60.4. The van der Waals surface area contributed by atoms with Crippen LogP contribution in [0.4, 0.5) is 29.1 Å². The van der Waals surface area contributed by atoms with E-state index in [1.54, 1.807) is 18.2 Å². The molecule has 4 heterocycles. The molecule has 230 valence electrons. The number of nitrogen functional groups attached to an aromatic ring is 1. The molecule has 1 amide bonds. The van der Waals surface area contributed by atoms with Crippen molar-refractivity contribution in [2.24, 2.45) is 0 Å². The molecule has 3 aliphatic rings. The number of alkyl halides is 3. The van der Waals surface area contributed by atoms with E-state index in [9.17, 15) is 18.0 Å². The van der Waals surface area contributed by atoms with Gasteiger partial charge in [0.25, 0.3) is 0 Å². The van der Waals surface area contributed by atoms with E-state index in [1.807, 2.05) is 22.7 Å². The molecule has 4 aromatic rings. The van der Waals surface area contributed by atoms with Crippen molar-refractivity contribution in [3.8, 4) is 11.1 Å². The van der Waals surface area contributed by atoms with E-state index in [1.165, 1.54) is 17.3 Å². The van der Waals surface area contributed by atoms with Crippen molar-refractivity contribution >= 4 is 28.4 Å². The standard InChI is InChI=1S/C32H33F4N7O/c1-40-10-12-41(13-11-40)16-20-3-2-19(14-25(20)32(34,35)36)15-27(44)42-9-8-23-26(42)7-6-22(29(23)33)24-17-43(21-4-5-21)31-28(24)30(37)38-18-39-31/h2-3,6-7,14,17-18,21H,4-5,8-13,15-16H2,1H3,(H2,37,38,39). The van der Waals surface area contributed by atoms with Crippen LogP contribution in [0, 0.1) is 5.82 Å². The number of fused-ring (bicyclic) bond motifs is 2. The van der Waals surface area contributed by atoms with Gasteiger partial charge < -0.3 is 20.1 Å². The summed E-state index contributed by atoms with van der Waals surface area (Å²) in [5.74, 6) is -0.545. The molecule has 0 spiro atoms. The van der Waals surface area contributed by atoms with Crippen molar-refractivity contribution in [3.63, 3.8) is 0 Å². The van der Waals surface area contributed by atoms with Crippen LogP contribution in [0.1, 0.15) is 41.1 Å². The van der Waals surface area contributed by atoms with Crippen LogP contribution >= 0.6 is 0 Å². The summed E-state index contributed by atoms with van der Waals surface area (Å²) in [6.45, 7) is 3.46. The smallest absolute Gasteiger partial charge is 0.383 e. The number of piperazine rings is 1. The Morgan fingerprint density at radius 1 is 1.02 bits per heavy atom. The number of amides is 1. The van der Waals surface area contributed by atoms with Crippen LogP contribution in [0.25, 0.3) is 22.2 Å². The summed E-state index contributed by atoms with van der Waals surface area (Å²) in [6.07, 6.45) is 0.844. The van der Waals surface area contributed by atoms with Gasteiger partial charge in [-0.3, -0.25) is 9.69 Å². The van der Waals surface area contributed by atoms with Crippen LogP contribution < -0.4 is 10.6 Å². The first-order valence-corrected chi connectivity index (χ1v) is 14.9. The largest absolute Gasteiger partial charge is 0.416 e. The number of anilines is 2. The van der Waals surface area contributed by atoms with E-state index in [0.29, 0.717) is 59.0 Å². The molecule has 2 fully saturated rings. The Kier molecular flexibility index (Phi) is 7.08. The summed E-state index contributed by atoms with van der Waals surface area (Å²) in [5.41, 5.74) is 8.44. The summed E-state index contributed by atoms with van der Waals surface area (Å²) in [5, 5.41) is 0.598. The number of rotatable bonds is 6. The van der Waals surface area contributed by atoms with Crippen molar-refractivity contribution in [2.75, 3.05) is 50.4 Å². The van der Waals surface area contributed by atoms with Gasteiger partial charge in [-0.05, 0) is 55.6 Å². The number of benzene rings is 2. The Balaban J connectivity index is 1.14. The van der Waals surface area contributed by atoms with Crippen LogP contribution in [0.2, 0.25) is 0 Å². The van der Waals surface area contributed by atoms with Crippen LogP contribution in [0.15, 0.2) is 42.9 Å². The minimum atomic E-state index is -4.54. The maximum Gasteiger partial charge on any atom is 0.416 e. The van der Waals surface area contributed by atoms with E-state index in [4.69, 9.17) is 5.73 Å². The van der Waals surface area contributed by atoms with Gasteiger partial charge in [-0.1, -0.05) is 12.1 Å². The molecule has 0 atom stereocenters. The lowest BCUT2D eigenvalue weighted by Gasteiger charge is -2.33. The van der Waals surface area contributed by atoms with Gasteiger partial charge in [0.2, 0.25) is 5.91 Å². The molecule has 2 aromatic carbocycles. The lowest BCUT2D eigenvalue weighted by Crippen LogP contribution is -2.44. The minimum absolute atomic E-state index is 0.202. The summed E-state index contributed by atoms with van der Waals surface area (Å²) in [6, 6.07) is 7.81.